The van der Waals surface area contributed by atoms with Crippen LogP contribution in [0.2, 0.25) is 0 Å². The van der Waals surface area contributed by atoms with Crippen molar-refractivity contribution in [1.82, 2.24) is 14.8 Å². The van der Waals surface area contributed by atoms with Crippen LogP contribution in [0.5, 0.6) is 0 Å². The molecule has 158 valence electrons. The summed E-state index contributed by atoms with van der Waals surface area (Å²) in [5.74, 6) is -0.300. The SMILES string of the molecule is CC(C)(C)CC(=O)N1C[C@@H]2C[C@H]1[C@H]1C(=O)N(c3cnc(C#N)c4ccccc34)C(=O)N21. The molecule has 3 aliphatic heterocycles. The number of nitrogens with zero attached hydrogens (tertiary/aromatic N) is 5. The van der Waals surface area contributed by atoms with Gasteiger partial charge >= 0.3 is 6.03 Å². The molecule has 0 aliphatic carbocycles. The number of hydrogen-bond donors (Lipinski definition) is 0. The highest BCUT2D eigenvalue weighted by Gasteiger charge is 2.63. The number of amides is 4. The predicted octanol–water partition coefficient (Wildman–Crippen LogP) is 2.66. The summed E-state index contributed by atoms with van der Waals surface area (Å²) < 4.78 is 0. The number of anilines is 1. The minimum absolute atomic E-state index is 0.0313. The number of aromatic nitrogens is 1. The lowest BCUT2D eigenvalue weighted by Gasteiger charge is -2.36. The van der Waals surface area contributed by atoms with Crippen LogP contribution in [0.1, 0.15) is 39.3 Å². The maximum absolute atomic E-state index is 13.5. The molecule has 3 aliphatic rings. The summed E-state index contributed by atoms with van der Waals surface area (Å²) in [4.78, 5) is 48.5. The molecule has 3 atom stereocenters. The maximum atomic E-state index is 13.5. The fraction of sp³-hybridized carbons (Fsp3) is 0.435. The van der Waals surface area contributed by atoms with Crippen LogP contribution in [-0.2, 0) is 9.59 Å². The highest BCUT2D eigenvalue weighted by Crippen LogP contribution is 2.44. The van der Waals surface area contributed by atoms with Crippen molar-refractivity contribution in [3.8, 4) is 6.07 Å². The fourth-order valence-corrected chi connectivity index (χ4v) is 5.17. The monoisotopic (exact) mass is 417 g/mol. The van der Waals surface area contributed by atoms with Crippen molar-refractivity contribution < 1.29 is 14.4 Å². The number of hydrogen-bond acceptors (Lipinski definition) is 5. The number of nitriles is 1. The van der Waals surface area contributed by atoms with Crippen LogP contribution in [0.3, 0.4) is 0 Å². The summed E-state index contributed by atoms with van der Waals surface area (Å²) in [7, 11) is 0. The number of likely N-dealkylation sites (tertiary alicyclic amines) is 1. The Balaban J connectivity index is 1.51. The Morgan fingerprint density at radius 1 is 1.23 bits per heavy atom. The molecule has 8 heteroatoms. The van der Waals surface area contributed by atoms with E-state index < -0.39 is 6.04 Å². The second-order valence-corrected chi connectivity index (χ2v) is 9.70. The van der Waals surface area contributed by atoms with Gasteiger partial charge < -0.3 is 9.80 Å². The third-order valence-corrected chi connectivity index (χ3v) is 6.39. The van der Waals surface area contributed by atoms with Crippen LogP contribution in [-0.4, -0.2) is 57.3 Å². The van der Waals surface area contributed by atoms with E-state index in [1.807, 2.05) is 20.8 Å². The molecule has 0 radical (unpaired) electrons. The summed E-state index contributed by atoms with van der Waals surface area (Å²) in [5.41, 5.74) is 0.483. The van der Waals surface area contributed by atoms with E-state index in [-0.39, 0.29) is 41.0 Å². The first-order valence-electron chi connectivity index (χ1n) is 10.4. The minimum atomic E-state index is -0.662. The first-order chi connectivity index (χ1) is 14.7. The highest BCUT2D eigenvalue weighted by molar-refractivity contribution is 6.25. The highest BCUT2D eigenvalue weighted by atomic mass is 16.2. The van der Waals surface area contributed by atoms with Gasteiger partial charge in [0.2, 0.25) is 5.91 Å². The molecule has 0 spiro atoms. The van der Waals surface area contributed by atoms with Crippen LogP contribution < -0.4 is 4.90 Å². The Bertz CT molecular complexity index is 1180. The zero-order valence-corrected chi connectivity index (χ0v) is 17.7. The van der Waals surface area contributed by atoms with E-state index in [0.717, 1.165) is 0 Å². The van der Waals surface area contributed by atoms with Crippen molar-refractivity contribution in [2.45, 2.75) is 51.7 Å². The van der Waals surface area contributed by atoms with Crippen LogP contribution >= 0.6 is 0 Å². The number of carbonyl (C=O) groups is 3. The Labute approximate surface area is 180 Å². The predicted molar refractivity (Wildman–Crippen MR) is 113 cm³/mol. The van der Waals surface area contributed by atoms with E-state index in [1.54, 1.807) is 34.1 Å². The quantitative estimate of drug-likeness (QED) is 0.700. The van der Waals surface area contributed by atoms with Crippen LogP contribution in [0.25, 0.3) is 10.8 Å². The molecule has 31 heavy (non-hydrogen) atoms. The standard InChI is InChI=1S/C23H23N5O3/c1-23(2,3)9-19(29)26-12-13-8-17(26)20-21(30)28(22(31)27(13)20)18-11-25-16(10-24)14-6-4-5-7-15(14)18/h4-7,11,13,17,20H,8-9,12H2,1-3H3/t13-,17-,20-/m0/s1. The molecule has 0 N–H and O–H groups in total. The first-order valence-corrected chi connectivity index (χ1v) is 10.4. The van der Waals surface area contributed by atoms with Gasteiger partial charge in [0.05, 0.1) is 24.0 Å². The third kappa shape index (κ3) is 2.80. The third-order valence-electron chi connectivity index (χ3n) is 6.39. The summed E-state index contributed by atoms with van der Waals surface area (Å²) in [6.07, 6.45) is 2.46. The molecule has 4 amide bonds. The number of rotatable bonds is 2. The first kappa shape index (κ1) is 19.5. The number of carbonyl (C=O) groups excluding carboxylic acids is 3. The molecule has 5 rings (SSSR count). The van der Waals surface area contributed by atoms with Gasteiger partial charge in [-0.05, 0) is 11.8 Å². The Morgan fingerprint density at radius 3 is 2.61 bits per heavy atom. The van der Waals surface area contributed by atoms with Crippen LogP contribution in [0, 0.1) is 16.7 Å². The van der Waals surface area contributed by atoms with E-state index in [0.29, 0.717) is 35.8 Å². The van der Waals surface area contributed by atoms with Crippen molar-refractivity contribution in [3.63, 3.8) is 0 Å². The molecular formula is C23H23N5O3. The second-order valence-electron chi connectivity index (χ2n) is 9.70. The van der Waals surface area contributed by atoms with Crippen molar-refractivity contribution in [2.24, 2.45) is 5.41 Å². The number of fused-ring (bicyclic) bond motifs is 6. The van der Waals surface area contributed by atoms with Gasteiger partial charge in [-0.1, -0.05) is 45.0 Å². The largest absolute Gasteiger partial charge is 0.335 e. The summed E-state index contributed by atoms with van der Waals surface area (Å²) in [5, 5.41) is 10.6. The average Bonchev–Trinajstić information content (AvgIpc) is 3.38. The number of urea groups is 1. The molecule has 0 saturated carbocycles. The normalized spacial score (nSPS) is 24.8. The molecule has 1 aromatic carbocycles. The smallest absolute Gasteiger partial charge is 0.332 e. The lowest BCUT2D eigenvalue weighted by atomic mass is 9.91. The van der Waals surface area contributed by atoms with Gasteiger partial charge in [0.25, 0.3) is 5.91 Å². The van der Waals surface area contributed by atoms with E-state index >= 15 is 0 Å². The molecule has 2 aromatic rings. The van der Waals surface area contributed by atoms with Crippen molar-refractivity contribution >= 4 is 34.3 Å². The number of benzene rings is 1. The maximum Gasteiger partial charge on any atom is 0.332 e. The summed E-state index contributed by atoms with van der Waals surface area (Å²) in [6.45, 7) is 6.51. The lowest BCUT2D eigenvalue weighted by Crippen LogP contribution is -2.55. The summed E-state index contributed by atoms with van der Waals surface area (Å²) >= 11 is 0. The van der Waals surface area contributed by atoms with E-state index in [4.69, 9.17) is 0 Å². The van der Waals surface area contributed by atoms with Gasteiger partial charge in [-0.15, -0.1) is 0 Å². The minimum Gasteiger partial charge on any atom is -0.335 e. The number of piperazine rings is 1. The molecule has 1 aromatic heterocycles. The Hall–Kier alpha value is -3.47. The van der Waals surface area contributed by atoms with Gasteiger partial charge in [-0.25, -0.2) is 14.7 Å². The summed E-state index contributed by atoms with van der Waals surface area (Å²) in [6, 6.07) is 7.71. The molecule has 3 fully saturated rings. The molecule has 8 nitrogen and oxygen atoms in total. The van der Waals surface area contributed by atoms with Crippen LogP contribution in [0.4, 0.5) is 10.5 Å². The van der Waals surface area contributed by atoms with Gasteiger partial charge in [0, 0.05) is 23.7 Å². The lowest BCUT2D eigenvalue weighted by molar-refractivity contribution is -0.137. The zero-order valence-electron chi connectivity index (χ0n) is 17.7. The van der Waals surface area contributed by atoms with Gasteiger partial charge in [0.15, 0.2) is 0 Å². The number of imide groups is 1. The zero-order chi connectivity index (χ0) is 22.1. The van der Waals surface area contributed by atoms with E-state index in [2.05, 4.69) is 11.1 Å². The number of pyridine rings is 1. The fourth-order valence-electron chi connectivity index (χ4n) is 5.17. The van der Waals surface area contributed by atoms with Crippen LogP contribution in [0.15, 0.2) is 30.5 Å². The Kier molecular flexibility index (Phi) is 4.09. The van der Waals surface area contributed by atoms with E-state index in [9.17, 15) is 19.6 Å². The van der Waals surface area contributed by atoms with E-state index in [1.165, 1.54) is 11.1 Å². The second kappa shape index (κ2) is 6.51. The molecule has 4 heterocycles. The Morgan fingerprint density at radius 2 is 1.94 bits per heavy atom. The van der Waals surface area contributed by atoms with Crippen molar-refractivity contribution in [3.05, 3.63) is 36.2 Å². The average molecular weight is 417 g/mol. The van der Waals surface area contributed by atoms with Gasteiger partial charge in [0.1, 0.15) is 17.8 Å². The van der Waals surface area contributed by atoms with Crippen molar-refractivity contribution in [2.75, 3.05) is 11.4 Å². The van der Waals surface area contributed by atoms with Gasteiger partial charge in [-0.2, -0.15) is 5.26 Å². The molecule has 2 bridgehead atoms. The van der Waals surface area contributed by atoms with Crippen molar-refractivity contribution in [1.29, 1.82) is 5.26 Å². The van der Waals surface area contributed by atoms with Gasteiger partial charge in [-0.3, -0.25) is 9.59 Å². The molecule has 0 unspecified atom stereocenters. The molecule has 3 saturated heterocycles. The molecular weight excluding hydrogens is 394 g/mol. The topological polar surface area (TPSA) is 97.6 Å².